The molecule has 3 N–H and O–H groups in total. The van der Waals surface area contributed by atoms with Crippen LogP contribution in [0.4, 0.5) is 0 Å². The molecule has 90 valence electrons. The van der Waals surface area contributed by atoms with Crippen LogP contribution in [0.25, 0.3) is 0 Å². The number of ketones is 2. The Balaban J connectivity index is 2.51. The van der Waals surface area contributed by atoms with Crippen molar-refractivity contribution in [1.82, 2.24) is 5.32 Å². The summed E-state index contributed by atoms with van der Waals surface area (Å²) in [4.78, 5) is 22.8. The molecule has 0 bridgehead atoms. The number of hydrogen-bond acceptors (Lipinski definition) is 5. The third-order valence-corrected chi connectivity index (χ3v) is 2.37. The molecule has 1 rings (SSSR count). The number of rotatable bonds is 4. The van der Waals surface area contributed by atoms with Crippen LogP contribution < -0.4 is 5.32 Å². The molecule has 16 heavy (non-hydrogen) atoms. The summed E-state index contributed by atoms with van der Waals surface area (Å²) in [5.74, 6) is -0.251. The molecule has 0 fully saturated rings. The first-order valence-electron chi connectivity index (χ1n) is 5.33. The van der Waals surface area contributed by atoms with E-state index in [9.17, 15) is 14.7 Å². The second-order valence-corrected chi connectivity index (χ2v) is 4.06. The minimum Gasteiger partial charge on any atom is -0.393 e. The Morgan fingerprint density at radius 2 is 2.19 bits per heavy atom. The minimum atomic E-state index is -0.972. The van der Waals surface area contributed by atoms with E-state index in [1.54, 1.807) is 6.92 Å². The van der Waals surface area contributed by atoms with Crippen LogP contribution in [0.1, 0.15) is 26.2 Å². The molecule has 0 amide bonds. The molecule has 0 heterocycles. The van der Waals surface area contributed by atoms with E-state index in [1.807, 2.05) is 0 Å². The lowest BCUT2D eigenvalue weighted by atomic mass is 10.1. The topological polar surface area (TPSA) is 86.6 Å². The fraction of sp³-hybridized carbons (Fsp3) is 0.636. The van der Waals surface area contributed by atoms with Crippen LogP contribution in [0.3, 0.4) is 0 Å². The van der Waals surface area contributed by atoms with Crippen molar-refractivity contribution in [2.24, 2.45) is 0 Å². The molecule has 1 aliphatic carbocycles. The Bertz CT molecular complexity index is 298. The molecular weight excluding hydrogens is 210 g/mol. The van der Waals surface area contributed by atoms with Gasteiger partial charge in [-0.2, -0.15) is 0 Å². The van der Waals surface area contributed by atoms with Crippen molar-refractivity contribution < 1.29 is 19.8 Å². The molecule has 0 saturated carbocycles. The molecular formula is C11H17NO4. The van der Waals surface area contributed by atoms with Crippen molar-refractivity contribution in [3.05, 3.63) is 12.2 Å². The summed E-state index contributed by atoms with van der Waals surface area (Å²) in [6, 6.07) is -0.656. The lowest BCUT2D eigenvalue weighted by Gasteiger charge is -2.20. The van der Waals surface area contributed by atoms with Crippen molar-refractivity contribution in [2.45, 2.75) is 44.6 Å². The van der Waals surface area contributed by atoms with Gasteiger partial charge in [-0.15, -0.1) is 0 Å². The number of aliphatic hydroxyl groups excluding tert-OH is 2. The van der Waals surface area contributed by atoms with Gasteiger partial charge in [-0.3, -0.25) is 14.9 Å². The molecule has 5 nitrogen and oxygen atoms in total. The summed E-state index contributed by atoms with van der Waals surface area (Å²) in [7, 11) is 0. The summed E-state index contributed by atoms with van der Waals surface area (Å²) in [5.41, 5.74) is 0. The number of hydrogen-bond donors (Lipinski definition) is 3. The maximum absolute atomic E-state index is 11.5. The maximum atomic E-state index is 11.5. The van der Waals surface area contributed by atoms with E-state index >= 15 is 0 Å². The molecule has 5 heteroatoms. The first kappa shape index (κ1) is 13.0. The van der Waals surface area contributed by atoms with E-state index in [0.717, 1.165) is 0 Å². The summed E-state index contributed by atoms with van der Waals surface area (Å²) in [6.07, 6.45) is 1.69. The molecule has 0 aliphatic heterocycles. The zero-order chi connectivity index (χ0) is 12.1. The van der Waals surface area contributed by atoms with Gasteiger partial charge in [-0.25, -0.2) is 0 Å². The van der Waals surface area contributed by atoms with Gasteiger partial charge < -0.3 is 10.2 Å². The predicted octanol–water partition coefficient (Wildman–Crippen LogP) is -0.478. The van der Waals surface area contributed by atoms with Crippen LogP contribution in [0.2, 0.25) is 0 Å². The van der Waals surface area contributed by atoms with Crippen LogP contribution in [0.5, 0.6) is 0 Å². The monoisotopic (exact) mass is 227 g/mol. The number of carbonyl (C=O) groups is 2. The Morgan fingerprint density at radius 1 is 1.50 bits per heavy atom. The molecule has 1 unspecified atom stereocenters. The summed E-state index contributed by atoms with van der Waals surface area (Å²) in [6.45, 7) is 1.55. The molecule has 0 aromatic heterocycles. The van der Waals surface area contributed by atoms with Crippen LogP contribution in [-0.4, -0.2) is 40.2 Å². The van der Waals surface area contributed by atoms with Gasteiger partial charge in [0.2, 0.25) is 0 Å². The first-order chi connectivity index (χ1) is 7.49. The zero-order valence-corrected chi connectivity index (χ0v) is 9.22. The fourth-order valence-electron chi connectivity index (χ4n) is 1.61. The molecule has 0 spiro atoms. The largest absolute Gasteiger partial charge is 0.393 e. The van der Waals surface area contributed by atoms with E-state index < -0.39 is 18.4 Å². The molecule has 0 aromatic carbocycles. The number of carbonyl (C=O) groups excluding carboxylic acids is 2. The zero-order valence-electron chi connectivity index (χ0n) is 9.22. The van der Waals surface area contributed by atoms with Gasteiger partial charge in [0.15, 0.2) is 11.6 Å². The van der Waals surface area contributed by atoms with E-state index in [-0.39, 0.29) is 30.8 Å². The van der Waals surface area contributed by atoms with E-state index in [1.165, 1.54) is 12.2 Å². The number of Topliss-reactive ketones (excluding diaryl/α,β-unsaturated/α-hetero) is 1. The molecule has 0 saturated heterocycles. The average molecular weight is 227 g/mol. The summed E-state index contributed by atoms with van der Waals surface area (Å²) < 4.78 is 0. The van der Waals surface area contributed by atoms with Gasteiger partial charge in [-0.1, -0.05) is 6.08 Å². The predicted molar refractivity (Wildman–Crippen MR) is 57.6 cm³/mol. The van der Waals surface area contributed by atoms with Crippen molar-refractivity contribution in [1.29, 1.82) is 0 Å². The van der Waals surface area contributed by atoms with Crippen molar-refractivity contribution in [2.75, 3.05) is 0 Å². The highest BCUT2D eigenvalue weighted by molar-refractivity contribution is 5.98. The van der Waals surface area contributed by atoms with E-state index in [2.05, 4.69) is 5.32 Å². The highest BCUT2D eigenvalue weighted by Gasteiger charge is 2.24. The van der Waals surface area contributed by atoms with Crippen molar-refractivity contribution in [3.63, 3.8) is 0 Å². The standard InChI is InChI=1S/C11H17NO4/c1-7(13)5-11(16)12-9-6-8(14)3-2-4-10(9)15/h2-3,7,9,11-13,16H,4-6H2,1H3/t7-,9+,11?/m1/s1. The Kier molecular flexibility index (Phi) is 4.79. The molecule has 1 aliphatic rings. The summed E-state index contributed by atoms with van der Waals surface area (Å²) >= 11 is 0. The van der Waals surface area contributed by atoms with Crippen LogP contribution in [-0.2, 0) is 9.59 Å². The third-order valence-electron chi connectivity index (χ3n) is 2.37. The number of aliphatic hydroxyl groups is 2. The average Bonchev–Trinajstić information content (AvgIpc) is 2.28. The van der Waals surface area contributed by atoms with E-state index in [4.69, 9.17) is 5.11 Å². The van der Waals surface area contributed by atoms with Gasteiger partial charge in [0.05, 0.1) is 12.1 Å². The Labute approximate surface area is 94.2 Å². The fourth-order valence-corrected chi connectivity index (χ4v) is 1.61. The summed E-state index contributed by atoms with van der Waals surface area (Å²) in [5, 5.41) is 21.2. The van der Waals surface area contributed by atoms with Gasteiger partial charge in [-0.05, 0) is 13.0 Å². The lowest BCUT2D eigenvalue weighted by Crippen LogP contribution is -2.44. The normalized spacial score (nSPS) is 25.3. The molecule has 0 radical (unpaired) electrons. The Hall–Kier alpha value is -1.04. The van der Waals surface area contributed by atoms with E-state index in [0.29, 0.717) is 0 Å². The van der Waals surface area contributed by atoms with Crippen LogP contribution >= 0.6 is 0 Å². The lowest BCUT2D eigenvalue weighted by molar-refractivity contribution is -0.124. The number of allylic oxidation sites excluding steroid dienone is 2. The second-order valence-electron chi connectivity index (χ2n) is 4.06. The van der Waals surface area contributed by atoms with Crippen LogP contribution in [0, 0.1) is 0 Å². The second kappa shape index (κ2) is 5.89. The minimum absolute atomic E-state index is 0.0617. The van der Waals surface area contributed by atoms with Crippen molar-refractivity contribution in [3.8, 4) is 0 Å². The highest BCUT2D eigenvalue weighted by Crippen LogP contribution is 2.08. The van der Waals surface area contributed by atoms with Crippen molar-refractivity contribution >= 4 is 11.6 Å². The van der Waals surface area contributed by atoms with Gasteiger partial charge >= 0.3 is 0 Å². The molecule has 0 aromatic rings. The Morgan fingerprint density at radius 3 is 2.81 bits per heavy atom. The van der Waals surface area contributed by atoms with Crippen LogP contribution in [0.15, 0.2) is 12.2 Å². The third kappa shape index (κ3) is 4.22. The smallest absolute Gasteiger partial charge is 0.157 e. The SMILES string of the molecule is C[C@@H](O)CC(O)N[C@H]1CC(=O)C=CCC1=O. The quantitative estimate of drug-likeness (QED) is 0.565. The first-order valence-corrected chi connectivity index (χ1v) is 5.33. The van der Waals surface area contributed by atoms with Gasteiger partial charge in [0, 0.05) is 19.3 Å². The van der Waals surface area contributed by atoms with Gasteiger partial charge in [0.1, 0.15) is 6.23 Å². The maximum Gasteiger partial charge on any atom is 0.157 e. The highest BCUT2D eigenvalue weighted by atomic mass is 16.3. The molecule has 3 atom stereocenters. The number of nitrogens with one attached hydrogen (secondary N) is 1. The van der Waals surface area contributed by atoms with Gasteiger partial charge in [0.25, 0.3) is 0 Å².